The smallest absolute Gasteiger partial charge is 0.142 e. The van der Waals surface area contributed by atoms with Gasteiger partial charge in [0.15, 0.2) is 0 Å². The minimum absolute atomic E-state index is 0. The molecule has 0 saturated carbocycles. The van der Waals surface area contributed by atoms with Crippen LogP contribution < -0.4 is 10.1 Å². The van der Waals surface area contributed by atoms with Gasteiger partial charge in [-0.05, 0) is 12.1 Å². The van der Waals surface area contributed by atoms with Crippen molar-refractivity contribution in [1.29, 1.82) is 0 Å². The van der Waals surface area contributed by atoms with Gasteiger partial charge in [-0.2, -0.15) is 0 Å². The van der Waals surface area contributed by atoms with Crippen molar-refractivity contribution in [3.8, 4) is 11.5 Å². The van der Waals surface area contributed by atoms with Gasteiger partial charge >= 0.3 is 0 Å². The molecule has 0 radical (unpaired) electrons. The standard InChI is InChI=1S/C14H19ClN2O2.2ClH/c1-3-11(17-8-6-16-7-9-17)13-12(19-2)5-4-10(15)14(13)18;;/h3-5,11,16,18H,1,6-9H2,2H3;2*1H/t11-;;/m0../s1. The van der Waals surface area contributed by atoms with Gasteiger partial charge in [-0.25, -0.2) is 0 Å². The monoisotopic (exact) mass is 354 g/mol. The molecule has 4 nitrogen and oxygen atoms in total. The number of piperazine rings is 1. The largest absolute Gasteiger partial charge is 0.506 e. The van der Waals surface area contributed by atoms with E-state index >= 15 is 0 Å². The lowest BCUT2D eigenvalue weighted by atomic mass is 10.0. The number of ether oxygens (including phenoxy) is 1. The van der Waals surface area contributed by atoms with Gasteiger partial charge < -0.3 is 15.2 Å². The molecule has 0 amide bonds. The Labute approximate surface area is 142 Å². The Morgan fingerprint density at radius 2 is 2.00 bits per heavy atom. The van der Waals surface area contributed by atoms with Crippen molar-refractivity contribution in [3.05, 3.63) is 35.4 Å². The Bertz CT molecular complexity index is 466. The minimum atomic E-state index is -0.101. The van der Waals surface area contributed by atoms with E-state index in [1.54, 1.807) is 19.2 Å². The first-order valence-corrected chi connectivity index (χ1v) is 6.69. The Hall–Kier alpha value is -0.650. The van der Waals surface area contributed by atoms with E-state index in [4.69, 9.17) is 16.3 Å². The van der Waals surface area contributed by atoms with Gasteiger partial charge in [0.2, 0.25) is 0 Å². The Morgan fingerprint density at radius 1 is 1.38 bits per heavy atom. The topological polar surface area (TPSA) is 44.7 Å². The summed E-state index contributed by atoms with van der Waals surface area (Å²) in [7, 11) is 1.59. The molecule has 120 valence electrons. The quantitative estimate of drug-likeness (QED) is 0.815. The van der Waals surface area contributed by atoms with Gasteiger partial charge in [0.05, 0.1) is 23.7 Å². The maximum atomic E-state index is 10.2. The van der Waals surface area contributed by atoms with Crippen molar-refractivity contribution >= 4 is 36.4 Å². The highest BCUT2D eigenvalue weighted by Crippen LogP contribution is 2.41. The summed E-state index contributed by atoms with van der Waals surface area (Å²) in [5, 5.41) is 13.9. The molecule has 2 N–H and O–H groups in total. The third-order valence-electron chi connectivity index (χ3n) is 3.41. The molecule has 7 heteroatoms. The molecule has 0 spiro atoms. The number of nitrogens with one attached hydrogen (secondary N) is 1. The molecule has 1 heterocycles. The SMILES string of the molecule is C=C[C@@H](c1c(OC)ccc(Cl)c1O)N1CCNCC1.Cl.Cl. The fraction of sp³-hybridized carbons (Fsp3) is 0.429. The van der Waals surface area contributed by atoms with Crippen LogP contribution >= 0.6 is 36.4 Å². The zero-order chi connectivity index (χ0) is 13.8. The van der Waals surface area contributed by atoms with E-state index in [2.05, 4.69) is 16.8 Å². The first-order valence-electron chi connectivity index (χ1n) is 6.31. The van der Waals surface area contributed by atoms with E-state index < -0.39 is 0 Å². The van der Waals surface area contributed by atoms with Crippen LogP contribution in [0.25, 0.3) is 0 Å². The molecule has 1 aromatic rings. The lowest BCUT2D eigenvalue weighted by Gasteiger charge is -2.34. The van der Waals surface area contributed by atoms with Gasteiger partial charge in [-0.3, -0.25) is 4.90 Å². The van der Waals surface area contributed by atoms with E-state index in [-0.39, 0.29) is 36.6 Å². The summed E-state index contributed by atoms with van der Waals surface area (Å²) >= 11 is 6.01. The van der Waals surface area contributed by atoms with Gasteiger partial charge in [0, 0.05) is 26.2 Å². The number of phenolic OH excluding ortho intramolecular Hbond substituents is 1. The fourth-order valence-electron chi connectivity index (χ4n) is 2.44. The van der Waals surface area contributed by atoms with E-state index in [0.717, 1.165) is 26.2 Å². The van der Waals surface area contributed by atoms with Crippen LogP contribution in [0.2, 0.25) is 5.02 Å². The summed E-state index contributed by atoms with van der Waals surface area (Å²) < 4.78 is 5.35. The molecule has 21 heavy (non-hydrogen) atoms. The number of methoxy groups -OCH3 is 1. The first-order chi connectivity index (χ1) is 9.19. The number of rotatable bonds is 4. The van der Waals surface area contributed by atoms with Crippen molar-refractivity contribution in [1.82, 2.24) is 10.2 Å². The van der Waals surface area contributed by atoms with Crippen molar-refractivity contribution in [3.63, 3.8) is 0 Å². The molecular weight excluding hydrogens is 335 g/mol. The molecule has 0 bridgehead atoms. The maximum absolute atomic E-state index is 10.2. The van der Waals surface area contributed by atoms with Crippen LogP contribution in [0.4, 0.5) is 0 Å². The van der Waals surface area contributed by atoms with Gasteiger partial charge in [0.1, 0.15) is 11.5 Å². The van der Waals surface area contributed by atoms with Crippen LogP contribution in [0.15, 0.2) is 24.8 Å². The highest BCUT2D eigenvalue weighted by molar-refractivity contribution is 6.32. The second-order valence-corrected chi connectivity index (χ2v) is 4.89. The average molecular weight is 356 g/mol. The van der Waals surface area contributed by atoms with Crippen LogP contribution in [0.5, 0.6) is 11.5 Å². The normalized spacial score (nSPS) is 16.3. The van der Waals surface area contributed by atoms with Crippen molar-refractivity contribution in [2.75, 3.05) is 33.3 Å². The van der Waals surface area contributed by atoms with Crippen molar-refractivity contribution < 1.29 is 9.84 Å². The number of halogens is 3. The van der Waals surface area contributed by atoms with Crippen LogP contribution in [0, 0.1) is 0 Å². The summed E-state index contributed by atoms with van der Waals surface area (Å²) in [5.74, 6) is 0.704. The predicted molar refractivity (Wildman–Crippen MR) is 91.5 cm³/mol. The number of aromatic hydroxyl groups is 1. The highest BCUT2D eigenvalue weighted by atomic mass is 35.5. The van der Waals surface area contributed by atoms with Gasteiger partial charge in [-0.15, -0.1) is 31.4 Å². The van der Waals surface area contributed by atoms with E-state index in [1.807, 2.05) is 6.08 Å². The maximum Gasteiger partial charge on any atom is 0.142 e. The Balaban J connectivity index is 0.00000200. The number of benzene rings is 1. The first kappa shape index (κ1) is 20.3. The molecular formula is C14H21Cl3N2O2. The lowest BCUT2D eigenvalue weighted by molar-refractivity contribution is 0.197. The van der Waals surface area contributed by atoms with Crippen LogP contribution in [-0.4, -0.2) is 43.3 Å². The van der Waals surface area contributed by atoms with Crippen molar-refractivity contribution in [2.45, 2.75) is 6.04 Å². The average Bonchev–Trinajstić information content (AvgIpc) is 2.45. The number of hydrogen-bond donors (Lipinski definition) is 2. The van der Waals surface area contributed by atoms with Crippen LogP contribution in [-0.2, 0) is 0 Å². The van der Waals surface area contributed by atoms with E-state index in [0.29, 0.717) is 16.3 Å². The molecule has 1 aliphatic heterocycles. The van der Waals surface area contributed by atoms with Crippen molar-refractivity contribution in [2.24, 2.45) is 0 Å². The summed E-state index contributed by atoms with van der Waals surface area (Å²) in [6.45, 7) is 7.53. The van der Waals surface area contributed by atoms with Gasteiger partial charge in [-0.1, -0.05) is 17.7 Å². The summed E-state index contributed by atoms with van der Waals surface area (Å²) in [6, 6.07) is 3.31. The fourth-order valence-corrected chi connectivity index (χ4v) is 2.60. The molecule has 1 fully saturated rings. The predicted octanol–water partition coefficient (Wildman–Crippen LogP) is 3.03. The minimum Gasteiger partial charge on any atom is -0.506 e. The second-order valence-electron chi connectivity index (χ2n) is 4.48. The Kier molecular flexibility index (Phi) is 9.09. The van der Waals surface area contributed by atoms with E-state index in [1.165, 1.54) is 0 Å². The van der Waals surface area contributed by atoms with Crippen LogP contribution in [0.3, 0.4) is 0 Å². The van der Waals surface area contributed by atoms with Crippen LogP contribution in [0.1, 0.15) is 11.6 Å². The third kappa shape index (κ3) is 4.41. The lowest BCUT2D eigenvalue weighted by Crippen LogP contribution is -2.44. The van der Waals surface area contributed by atoms with Gasteiger partial charge in [0.25, 0.3) is 0 Å². The molecule has 0 unspecified atom stereocenters. The highest BCUT2D eigenvalue weighted by Gasteiger charge is 2.26. The molecule has 0 aromatic heterocycles. The summed E-state index contributed by atoms with van der Waals surface area (Å²) in [6.07, 6.45) is 1.82. The zero-order valence-corrected chi connectivity index (χ0v) is 14.2. The molecule has 1 aliphatic rings. The second kappa shape index (κ2) is 9.38. The number of hydrogen-bond acceptors (Lipinski definition) is 4. The molecule has 0 aliphatic carbocycles. The number of nitrogens with zero attached hydrogens (tertiary/aromatic N) is 1. The van der Waals surface area contributed by atoms with E-state index in [9.17, 15) is 5.11 Å². The number of phenols is 1. The molecule has 1 aromatic carbocycles. The molecule has 2 rings (SSSR count). The Morgan fingerprint density at radius 3 is 2.52 bits per heavy atom. The zero-order valence-electron chi connectivity index (χ0n) is 11.8. The summed E-state index contributed by atoms with van der Waals surface area (Å²) in [4.78, 5) is 2.25. The molecule has 1 saturated heterocycles. The summed E-state index contributed by atoms with van der Waals surface area (Å²) in [5.41, 5.74) is 0.687. The third-order valence-corrected chi connectivity index (χ3v) is 3.72. The molecule has 1 atom stereocenters.